The molecule has 24 heavy (non-hydrogen) atoms. The van der Waals surface area contributed by atoms with Crippen molar-refractivity contribution in [1.82, 2.24) is 0 Å². The van der Waals surface area contributed by atoms with Gasteiger partial charge in [-0.05, 0) is 24.8 Å². The van der Waals surface area contributed by atoms with E-state index in [1.165, 1.54) is 0 Å². The summed E-state index contributed by atoms with van der Waals surface area (Å²) >= 11 is 0. The quantitative estimate of drug-likeness (QED) is 0.577. The number of quaternary nitrogens is 1. The van der Waals surface area contributed by atoms with Gasteiger partial charge in [-0.15, -0.1) is 0 Å². The van der Waals surface area contributed by atoms with Gasteiger partial charge >= 0.3 is 5.97 Å². The van der Waals surface area contributed by atoms with E-state index in [2.05, 4.69) is 14.1 Å². The maximum Gasteiger partial charge on any atom is 0.314 e. The minimum atomic E-state index is -0.324. The van der Waals surface area contributed by atoms with E-state index in [1.54, 1.807) is 12.1 Å². The fraction of sp³-hybridized carbons (Fsp3) is 0.632. The van der Waals surface area contributed by atoms with Crippen molar-refractivity contribution < 1.29 is 36.1 Å². The van der Waals surface area contributed by atoms with Gasteiger partial charge in [-0.3, -0.25) is 4.79 Å². The molecule has 1 aliphatic carbocycles. The molecule has 2 aliphatic rings. The van der Waals surface area contributed by atoms with Gasteiger partial charge in [-0.1, -0.05) is 31.0 Å². The molecule has 1 saturated heterocycles. The van der Waals surface area contributed by atoms with E-state index in [0.29, 0.717) is 5.92 Å². The van der Waals surface area contributed by atoms with Crippen LogP contribution >= 0.6 is 0 Å². The first-order valence-electron chi connectivity index (χ1n) is 8.77. The zero-order valence-electron chi connectivity index (χ0n) is 14.6. The fourth-order valence-electron chi connectivity index (χ4n) is 4.18. The van der Waals surface area contributed by atoms with Gasteiger partial charge in [-0.2, -0.15) is 0 Å². The Morgan fingerprint density at radius 2 is 1.88 bits per heavy atom. The molecule has 1 aromatic rings. The number of nitrogens with zero attached hydrogens (tertiary/aromatic N) is 1. The second kappa shape index (κ2) is 7.87. The largest absolute Gasteiger partial charge is 1.00 e. The van der Waals surface area contributed by atoms with Crippen molar-refractivity contribution in [3.8, 4) is 5.75 Å². The lowest BCUT2D eigenvalue weighted by molar-refractivity contribution is -0.879. The first-order chi connectivity index (χ1) is 11.0. The molecule has 1 aliphatic heterocycles. The second-order valence-corrected chi connectivity index (χ2v) is 7.77. The number of hydrogen-bond acceptors (Lipinski definition) is 3. The minimum Gasteiger partial charge on any atom is -1.00 e. The minimum absolute atomic E-state index is 0. The highest BCUT2D eigenvalue weighted by Gasteiger charge is 2.39. The van der Waals surface area contributed by atoms with Gasteiger partial charge in [0.2, 0.25) is 0 Å². The Kier molecular flexibility index (Phi) is 6.32. The van der Waals surface area contributed by atoms with Crippen molar-refractivity contribution in [2.75, 3.05) is 27.2 Å². The average Bonchev–Trinajstić information content (AvgIpc) is 3.11. The van der Waals surface area contributed by atoms with E-state index in [4.69, 9.17) is 4.74 Å². The number of rotatable bonds is 4. The first-order valence-corrected chi connectivity index (χ1v) is 8.77. The molecule has 0 amide bonds. The number of ether oxygens (including phenoxy) is 1. The highest BCUT2D eigenvalue weighted by atomic mass is 79.9. The number of aromatic hydroxyl groups is 1. The molecular weight excluding hydrogens is 370 g/mol. The van der Waals surface area contributed by atoms with Gasteiger partial charge in [0, 0.05) is 12.0 Å². The number of carbonyl (C=O) groups excluding carboxylic acids is 1. The predicted molar refractivity (Wildman–Crippen MR) is 89.1 cm³/mol. The van der Waals surface area contributed by atoms with Crippen molar-refractivity contribution in [2.45, 2.75) is 44.1 Å². The summed E-state index contributed by atoms with van der Waals surface area (Å²) in [6.45, 7) is 1.92. The molecule has 4 nitrogen and oxygen atoms in total. The monoisotopic (exact) mass is 397 g/mol. The molecule has 3 rings (SSSR count). The number of phenols is 1. The molecule has 1 saturated carbocycles. The molecule has 0 bridgehead atoms. The van der Waals surface area contributed by atoms with Crippen molar-refractivity contribution in [3.05, 3.63) is 29.8 Å². The summed E-state index contributed by atoms with van der Waals surface area (Å²) in [6, 6.07) is 7.22. The molecule has 0 aromatic heterocycles. The molecule has 2 fully saturated rings. The van der Waals surface area contributed by atoms with Crippen LogP contribution in [0.4, 0.5) is 0 Å². The van der Waals surface area contributed by atoms with Crippen LogP contribution in [0.1, 0.15) is 43.6 Å². The number of halogens is 1. The summed E-state index contributed by atoms with van der Waals surface area (Å²) in [6.07, 6.45) is 5.34. The summed E-state index contributed by atoms with van der Waals surface area (Å²) in [4.78, 5) is 12.9. The molecular formula is C19H28BrNO3. The molecule has 1 aromatic carbocycles. The third-order valence-electron chi connectivity index (χ3n) is 5.43. The Balaban J connectivity index is 0.00000208. The van der Waals surface area contributed by atoms with Crippen LogP contribution in [0, 0.1) is 5.92 Å². The van der Waals surface area contributed by atoms with Crippen LogP contribution in [0.25, 0.3) is 0 Å². The Hall–Kier alpha value is -1.07. The van der Waals surface area contributed by atoms with Crippen LogP contribution in [-0.2, 0) is 9.53 Å². The van der Waals surface area contributed by atoms with Gasteiger partial charge in [-0.25, -0.2) is 0 Å². The van der Waals surface area contributed by atoms with Crippen LogP contribution in [-0.4, -0.2) is 48.8 Å². The van der Waals surface area contributed by atoms with Crippen molar-refractivity contribution in [2.24, 2.45) is 5.92 Å². The van der Waals surface area contributed by atoms with Crippen molar-refractivity contribution in [1.29, 1.82) is 0 Å². The van der Waals surface area contributed by atoms with Crippen molar-refractivity contribution in [3.63, 3.8) is 0 Å². The Morgan fingerprint density at radius 1 is 1.21 bits per heavy atom. The Bertz CT molecular complexity index is 569. The molecule has 1 unspecified atom stereocenters. The third kappa shape index (κ3) is 4.31. The number of hydrogen-bond donors (Lipinski definition) is 1. The molecule has 2 atom stereocenters. The van der Waals surface area contributed by atoms with Gasteiger partial charge in [0.05, 0.1) is 26.6 Å². The zero-order valence-corrected chi connectivity index (χ0v) is 16.2. The number of likely N-dealkylation sites (N-methyl/N-ethyl adjacent to an activating group) is 1. The summed E-state index contributed by atoms with van der Waals surface area (Å²) in [5.41, 5.74) is 0.733. The van der Waals surface area contributed by atoms with Crippen LogP contribution < -0.4 is 17.0 Å². The number of carbonyl (C=O) groups is 1. The highest BCUT2D eigenvalue weighted by Crippen LogP contribution is 2.41. The topological polar surface area (TPSA) is 46.5 Å². The lowest BCUT2D eigenvalue weighted by Crippen LogP contribution is -3.00. The van der Waals surface area contributed by atoms with Crippen LogP contribution in [0.15, 0.2) is 24.3 Å². The van der Waals surface area contributed by atoms with Gasteiger partial charge in [0.25, 0.3) is 0 Å². The standard InChI is InChI=1S/C19H27NO3.BrH/c1-20(2)12-11-15(13-20)23-19(22)18(14-7-3-4-8-14)16-9-5-6-10-17(16)21;/h5-6,9-10,14-15,18H,3-4,7-8,11-13H2,1-2H3;1H/t15-,18?;/m0./s1. The fourth-order valence-corrected chi connectivity index (χ4v) is 4.18. The Labute approximate surface area is 155 Å². The highest BCUT2D eigenvalue weighted by molar-refractivity contribution is 5.79. The Morgan fingerprint density at radius 3 is 2.46 bits per heavy atom. The zero-order chi connectivity index (χ0) is 16.4. The number of esters is 1. The molecule has 1 N–H and O–H groups in total. The van der Waals surface area contributed by atoms with E-state index in [0.717, 1.165) is 55.2 Å². The second-order valence-electron chi connectivity index (χ2n) is 7.77. The number of phenolic OH excluding ortho intramolecular Hbond substituents is 1. The smallest absolute Gasteiger partial charge is 0.314 e. The summed E-state index contributed by atoms with van der Waals surface area (Å²) in [5.74, 6) is 0.0313. The van der Waals surface area contributed by atoms with Gasteiger partial charge < -0.3 is 31.3 Å². The molecule has 134 valence electrons. The lowest BCUT2D eigenvalue weighted by Gasteiger charge is -2.26. The maximum absolute atomic E-state index is 12.9. The van der Waals surface area contributed by atoms with E-state index in [9.17, 15) is 9.90 Å². The molecule has 0 spiro atoms. The van der Waals surface area contributed by atoms with E-state index < -0.39 is 0 Å². The van der Waals surface area contributed by atoms with Gasteiger partial charge in [0.15, 0.2) is 6.10 Å². The summed E-state index contributed by atoms with van der Waals surface area (Å²) < 4.78 is 6.77. The first kappa shape index (κ1) is 19.3. The van der Waals surface area contributed by atoms with E-state index in [1.807, 2.05) is 12.1 Å². The SMILES string of the molecule is C[N+]1(C)CC[C@H](OC(=O)C(c2ccccc2O)C2CCCC2)C1.[Br-]. The molecule has 5 heteroatoms. The maximum atomic E-state index is 12.9. The van der Waals surface area contributed by atoms with E-state index >= 15 is 0 Å². The normalized spacial score (nSPS) is 24.3. The predicted octanol–water partition coefficient (Wildman–Crippen LogP) is 0.0619. The summed E-state index contributed by atoms with van der Waals surface area (Å²) in [5, 5.41) is 10.2. The third-order valence-corrected chi connectivity index (χ3v) is 5.43. The number of likely N-dealkylation sites (tertiary alicyclic amines) is 1. The number of para-hydroxylation sites is 1. The van der Waals surface area contributed by atoms with Crippen LogP contribution in [0.5, 0.6) is 5.75 Å². The number of benzene rings is 1. The lowest BCUT2D eigenvalue weighted by atomic mass is 9.84. The molecule has 1 heterocycles. The average molecular weight is 398 g/mol. The summed E-state index contributed by atoms with van der Waals surface area (Å²) in [7, 11) is 4.34. The van der Waals surface area contributed by atoms with Crippen LogP contribution in [0.2, 0.25) is 0 Å². The molecule has 0 radical (unpaired) electrons. The van der Waals surface area contributed by atoms with Crippen LogP contribution in [0.3, 0.4) is 0 Å². The van der Waals surface area contributed by atoms with Gasteiger partial charge in [0.1, 0.15) is 12.3 Å². The van der Waals surface area contributed by atoms with Crippen molar-refractivity contribution >= 4 is 5.97 Å². The van der Waals surface area contributed by atoms with E-state index in [-0.39, 0.29) is 40.7 Å².